The van der Waals surface area contributed by atoms with Crippen LogP contribution in [0.3, 0.4) is 0 Å². The Morgan fingerprint density at radius 1 is 1.10 bits per heavy atom. The van der Waals surface area contributed by atoms with Crippen molar-refractivity contribution in [3.63, 3.8) is 0 Å². The fourth-order valence-corrected chi connectivity index (χ4v) is 3.28. The van der Waals surface area contributed by atoms with Crippen LogP contribution >= 0.6 is 23.2 Å². The molecule has 0 unspecified atom stereocenters. The number of benzene rings is 2. The van der Waals surface area contributed by atoms with Crippen molar-refractivity contribution in [1.29, 1.82) is 0 Å². The molecular formula is C14H11Cl2NO3S. The van der Waals surface area contributed by atoms with Gasteiger partial charge in [0.15, 0.2) is 0 Å². The van der Waals surface area contributed by atoms with E-state index in [1.54, 1.807) is 19.1 Å². The Balaban J connectivity index is 2.44. The van der Waals surface area contributed by atoms with Crippen molar-refractivity contribution in [2.75, 3.05) is 4.72 Å². The van der Waals surface area contributed by atoms with Crippen LogP contribution < -0.4 is 4.72 Å². The SMILES string of the molecule is Cc1cccc(NS(=O)(=O)c2ccc(Cl)cc2)c1C(=O)Cl. The lowest BCUT2D eigenvalue weighted by molar-refractivity contribution is 0.108. The first kappa shape index (κ1) is 15.8. The molecule has 0 aliphatic rings. The van der Waals surface area contributed by atoms with Gasteiger partial charge in [0.25, 0.3) is 15.3 Å². The third-order valence-corrected chi connectivity index (χ3v) is 4.66. The van der Waals surface area contributed by atoms with E-state index < -0.39 is 15.3 Å². The van der Waals surface area contributed by atoms with Gasteiger partial charge in [0.05, 0.1) is 16.1 Å². The number of anilines is 1. The standard InChI is InChI=1S/C14H11Cl2NO3S/c1-9-3-2-4-12(13(9)14(16)18)17-21(19,20)11-7-5-10(15)6-8-11/h2-8,17H,1H3. The van der Waals surface area contributed by atoms with Crippen molar-refractivity contribution in [2.45, 2.75) is 11.8 Å². The highest BCUT2D eigenvalue weighted by molar-refractivity contribution is 7.92. The maximum atomic E-state index is 12.3. The quantitative estimate of drug-likeness (QED) is 0.858. The average Bonchev–Trinajstić information content (AvgIpc) is 2.38. The van der Waals surface area contributed by atoms with Gasteiger partial charge < -0.3 is 0 Å². The van der Waals surface area contributed by atoms with Crippen LogP contribution in [0, 0.1) is 6.92 Å². The maximum Gasteiger partial charge on any atom is 0.261 e. The van der Waals surface area contributed by atoms with Gasteiger partial charge in [0.2, 0.25) is 0 Å². The lowest BCUT2D eigenvalue weighted by atomic mass is 10.1. The van der Waals surface area contributed by atoms with E-state index in [0.29, 0.717) is 10.6 Å². The van der Waals surface area contributed by atoms with Crippen LogP contribution in [-0.4, -0.2) is 13.7 Å². The molecule has 2 aromatic carbocycles. The van der Waals surface area contributed by atoms with Gasteiger partial charge in [0, 0.05) is 5.02 Å². The predicted octanol–water partition coefficient (Wildman–Crippen LogP) is 3.83. The van der Waals surface area contributed by atoms with Gasteiger partial charge in [-0.2, -0.15) is 0 Å². The summed E-state index contributed by atoms with van der Waals surface area (Å²) in [6, 6.07) is 10.5. The summed E-state index contributed by atoms with van der Waals surface area (Å²) in [6.07, 6.45) is 0. The molecule has 0 fully saturated rings. The summed E-state index contributed by atoms with van der Waals surface area (Å²) in [7, 11) is -3.82. The van der Waals surface area contributed by atoms with Crippen LogP contribution in [0.25, 0.3) is 0 Å². The zero-order valence-electron chi connectivity index (χ0n) is 10.9. The summed E-state index contributed by atoms with van der Waals surface area (Å²) in [6.45, 7) is 1.68. The van der Waals surface area contributed by atoms with Gasteiger partial charge >= 0.3 is 0 Å². The Kier molecular flexibility index (Phi) is 4.56. The number of nitrogens with one attached hydrogen (secondary N) is 1. The molecule has 0 aromatic heterocycles. The number of sulfonamides is 1. The van der Waals surface area contributed by atoms with Crippen molar-refractivity contribution < 1.29 is 13.2 Å². The minimum Gasteiger partial charge on any atom is -0.279 e. The third-order valence-electron chi connectivity index (χ3n) is 2.84. The minimum absolute atomic E-state index is 0.0429. The van der Waals surface area contributed by atoms with E-state index in [0.717, 1.165) is 0 Å². The van der Waals surface area contributed by atoms with E-state index in [4.69, 9.17) is 23.2 Å². The number of carbonyl (C=O) groups is 1. The van der Waals surface area contributed by atoms with Crippen LogP contribution in [0.15, 0.2) is 47.4 Å². The Hall–Kier alpha value is -1.56. The van der Waals surface area contributed by atoms with Crippen LogP contribution in [-0.2, 0) is 10.0 Å². The summed E-state index contributed by atoms with van der Waals surface area (Å²) < 4.78 is 26.9. The molecule has 2 rings (SSSR count). The first-order valence-corrected chi connectivity index (χ1v) is 8.13. The molecule has 4 nitrogen and oxygen atoms in total. The second kappa shape index (κ2) is 6.05. The smallest absolute Gasteiger partial charge is 0.261 e. The van der Waals surface area contributed by atoms with Crippen LogP contribution in [0.2, 0.25) is 5.02 Å². The predicted molar refractivity (Wildman–Crippen MR) is 83.6 cm³/mol. The van der Waals surface area contributed by atoms with E-state index in [1.165, 1.54) is 30.3 Å². The van der Waals surface area contributed by atoms with Gasteiger partial charge in [-0.1, -0.05) is 23.7 Å². The molecule has 0 atom stereocenters. The van der Waals surface area contributed by atoms with Crippen molar-refractivity contribution in [3.8, 4) is 0 Å². The number of hydrogen-bond acceptors (Lipinski definition) is 3. The molecule has 0 amide bonds. The molecule has 0 radical (unpaired) electrons. The molecule has 1 N–H and O–H groups in total. The van der Waals surface area contributed by atoms with E-state index in [2.05, 4.69) is 4.72 Å². The second-order valence-corrected chi connectivity index (χ2v) is 6.79. The van der Waals surface area contributed by atoms with Gasteiger partial charge in [-0.3, -0.25) is 9.52 Å². The Morgan fingerprint density at radius 3 is 2.29 bits per heavy atom. The normalized spacial score (nSPS) is 11.2. The number of carbonyl (C=O) groups excluding carboxylic acids is 1. The molecule has 0 spiro atoms. The highest BCUT2D eigenvalue weighted by Crippen LogP contribution is 2.25. The van der Waals surface area contributed by atoms with Crippen molar-refractivity contribution >= 4 is 44.2 Å². The van der Waals surface area contributed by atoms with Gasteiger partial charge in [-0.25, -0.2) is 8.42 Å². The summed E-state index contributed by atoms with van der Waals surface area (Å²) in [5.41, 5.74) is 0.868. The Bertz CT molecular complexity index is 786. The molecule has 21 heavy (non-hydrogen) atoms. The lowest BCUT2D eigenvalue weighted by Crippen LogP contribution is -2.15. The zero-order chi connectivity index (χ0) is 15.6. The lowest BCUT2D eigenvalue weighted by Gasteiger charge is -2.12. The monoisotopic (exact) mass is 343 g/mol. The molecule has 0 saturated heterocycles. The van der Waals surface area contributed by atoms with E-state index in [9.17, 15) is 13.2 Å². The molecular weight excluding hydrogens is 333 g/mol. The highest BCUT2D eigenvalue weighted by atomic mass is 35.5. The third kappa shape index (κ3) is 3.56. The zero-order valence-corrected chi connectivity index (χ0v) is 13.3. The van der Waals surface area contributed by atoms with E-state index >= 15 is 0 Å². The highest BCUT2D eigenvalue weighted by Gasteiger charge is 2.19. The van der Waals surface area contributed by atoms with Crippen LogP contribution in [0.4, 0.5) is 5.69 Å². The fraction of sp³-hybridized carbons (Fsp3) is 0.0714. The largest absolute Gasteiger partial charge is 0.279 e. The van der Waals surface area contributed by atoms with E-state index in [1.807, 2.05) is 0 Å². The second-order valence-electron chi connectivity index (χ2n) is 4.33. The molecule has 0 bridgehead atoms. The van der Waals surface area contributed by atoms with Gasteiger partial charge in [0.1, 0.15) is 0 Å². The van der Waals surface area contributed by atoms with Gasteiger partial charge in [-0.15, -0.1) is 0 Å². The fourth-order valence-electron chi connectivity index (χ4n) is 1.83. The number of aryl methyl sites for hydroxylation is 1. The van der Waals surface area contributed by atoms with Crippen molar-refractivity contribution in [3.05, 3.63) is 58.6 Å². The number of halogens is 2. The van der Waals surface area contributed by atoms with Crippen LogP contribution in [0.1, 0.15) is 15.9 Å². The van der Waals surface area contributed by atoms with Gasteiger partial charge in [-0.05, 0) is 54.4 Å². The first-order valence-electron chi connectivity index (χ1n) is 5.89. The molecule has 0 saturated carbocycles. The Morgan fingerprint density at radius 2 is 1.71 bits per heavy atom. The summed E-state index contributed by atoms with van der Waals surface area (Å²) in [5.74, 6) is 0. The summed E-state index contributed by atoms with van der Waals surface area (Å²) >= 11 is 11.3. The van der Waals surface area contributed by atoms with Crippen molar-refractivity contribution in [2.24, 2.45) is 0 Å². The molecule has 7 heteroatoms. The topological polar surface area (TPSA) is 63.2 Å². The number of hydrogen-bond donors (Lipinski definition) is 1. The molecule has 110 valence electrons. The van der Waals surface area contributed by atoms with E-state index in [-0.39, 0.29) is 16.1 Å². The molecule has 0 aliphatic heterocycles. The number of rotatable bonds is 4. The first-order chi connectivity index (χ1) is 9.81. The van der Waals surface area contributed by atoms with Crippen LogP contribution in [0.5, 0.6) is 0 Å². The van der Waals surface area contributed by atoms with Crippen molar-refractivity contribution in [1.82, 2.24) is 0 Å². The molecule has 0 aliphatic carbocycles. The molecule has 2 aromatic rings. The minimum atomic E-state index is -3.82. The summed E-state index contributed by atoms with van der Waals surface area (Å²) in [4.78, 5) is 11.5. The average molecular weight is 344 g/mol. The summed E-state index contributed by atoms with van der Waals surface area (Å²) in [5, 5.41) is -0.289. The Labute approximate surface area is 132 Å². The molecule has 0 heterocycles. The maximum absolute atomic E-state index is 12.3.